The maximum atomic E-state index is 13.7. The summed E-state index contributed by atoms with van der Waals surface area (Å²) >= 11 is 1.25. The number of fused-ring (bicyclic) bond motifs is 1. The van der Waals surface area contributed by atoms with Gasteiger partial charge in [-0.05, 0) is 169 Å². The van der Waals surface area contributed by atoms with Crippen molar-refractivity contribution in [2.24, 2.45) is 28.8 Å². The number of hydrogen-bond donors (Lipinski definition) is 1. The van der Waals surface area contributed by atoms with Crippen LogP contribution in [0.2, 0.25) is 0 Å². The predicted molar refractivity (Wildman–Crippen MR) is 319 cm³/mol. The molecule has 20 heteroatoms. The fourth-order valence-electron chi connectivity index (χ4n) is 9.25. The molecule has 0 radical (unpaired) electrons. The number of unbranched alkanes of at least 4 members (excludes halogenated alkanes) is 9. The Morgan fingerprint density at radius 3 is 1.37 bits per heavy atom. The lowest BCUT2D eigenvalue weighted by Crippen LogP contribution is -2.30. The molecule has 2 aromatic heterocycles. The van der Waals surface area contributed by atoms with Crippen LogP contribution in [0, 0.1) is 23.7 Å². The molecule has 2 fully saturated rings. The summed E-state index contributed by atoms with van der Waals surface area (Å²) in [5.74, 6) is -1.66. The Balaban J connectivity index is 0.00000179. The first kappa shape index (κ1) is 65.2. The highest BCUT2D eigenvalue weighted by Crippen LogP contribution is 2.35. The molecule has 2 saturated carbocycles. The van der Waals surface area contributed by atoms with Gasteiger partial charge in [0.15, 0.2) is 10.5 Å². The van der Waals surface area contributed by atoms with Crippen molar-refractivity contribution in [2.45, 2.75) is 142 Å². The van der Waals surface area contributed by atoms with E-state index in [9.17, 15) is 28.8 Å². The van der Waals surface area contributed by atoms with Crippen LogP contribution in [0.25, 0.3) is 10.5 Å². The van der Waals surface area contributed by atoms with Gasteiger partial charge in [-0.25, -0.2) is 19.6 Å². The van der Waals surface area contributed by atoms with Crippen LogP contribution in [0.4, 0.5) is 5.13 Å². The molecule has 450 valence electrons. The zero-order valence-electron chi connectivity index (χ0n) is 48.3. The van der Waals surface area contributed by atoms with Crippen molar-refractivity contribution in [3.63, 3.8) is 0 Å². The van der Waals surface area contributed by atoms with Gasteiger partial charge in [-0.2, -0.15) is 10.1 Å². The lowest BCUT2D eigenvalue weighted by atomic mass is 9.82. The van der Waals surface area contributed by atoms with Crippen molar-refractivity contribution in [3.05, 3.63) is 110 Å². The van der Waals surface area contributed by atoms with Gasteiger partial charge in [-0.3, -0.25) is 24.6 Å². The minimum absolute atomic E-state index is 0.186. The largest absolute Gasteiger partial charge is 0.494 e. The number of aromatic nitrogens is 3. The molecule has 0 bridgehead atoms. The van der Waals surface area contributed by atoms with Gasteiger partial charge in [0, 0.05) is 30.1 Å². The average molecular weight is 1170 g/mol. The lowest BCUT2D eigenvalue weighted by Gasteiger charge is -2.26. The summed E-state index contributed by atoms with van der Waals surface area (Å²) in [5, 5.41) is 4.77. The second-order valence-corrected chi connectivity index (χ2v) is 21.5. The SMILES string of the molecule is C=CC(=O)OCCCCCCOc1ccc(OC(=O)C2CCC(C(=O)Oc3ccc(OC(=O)C4CCC(C(=O)Oc5ccc(OCCCCCCOC(=O)C=C)cc5)CC4)c(/C=N/Nc4nc5nccnc5s4)c3)CC2)cc1.CCCCCC. The van der Waals surface area contributed by atoms with Crippen molar-refractivity contribution in [2.75, 3.05) is 31.9 Å². The van der Waals surface area contributed by atoms with Gasteiger partial charge in [0.05, 0.1) is 56.3 Å². The number of nitrogens with zero attached hydrogens (tertiary/aromatic N) is 4. The number of carbonyl (C=O) groups excluding carboxylic acids is 6. The van der Waals surface area contributed by atoms with Gasteiger partial charge in [0.1, 0.15) is 34.5 Å². The summed E-state index contributed by atoms with van der Waals surface area (Å²) < 4.78 is 44.8. The molecule has 0 aliphatic heterocycles. The Morgan fingerprint density at radius 2 is 0.929 bits per heavy atom. The maximum Gasteiger partial charge on any atom is 0.330 e. The molecule has 7 rings (SSSR count). The second kappa shape index (κ2) is 36.6. The van der Waals surface area contributed by atoms with Crippen molar-refractivity contribution >= 4 is 69.0 Å². The van der Waals surface area contributed by atoms with E-state index in [0.29, 0.717) is 122 Å². The number of esters is 6. The molecule has 0 unspecified atom stereocenters. The summed E-state index contributed by atoms with van der Waals surface area (Å²) in [7, 11) is 0. The zero-order valence-corrected chi connectivity index (χ0v) is 49.2. The van der Waals surface area contributed by atoms with Crippen LogP contribution in [0.15, 0.2) is 110 Å². The number of hydrazone groups is 1. The Morgan fingerprint density at radius 1 is 0.524 bits per heavy atom. The van der Waals surface area contributed by atoms with Gasteiger partial charge >= 0.3 is 35.8 Å². The third-order valence-electron chi connectivity index (χ3n) is 14.1. The van der Waals surface area contributed by atoms with Gasteiger partial charge in [-0.15, -0.1) is 0 Å². The maximum absolute atomic E-state index is 13.7. The molecule has 84 heavy (non-hydrogen) atoms. The number of ether oxygens (including phenoxy) is 8. The molecule has 3 aromatic carbocycles. The minimum Gasteiger partial charge on any atom is -0.494 e. The quantitative estimate of drug-likeness (QED) is 0.0105. The highest BCUT2D eigenvalue weighted by molar-refractivity contribution is 7.21. The van der Waals surface area contributed by atoms with E-state index in [-0.39, 0.29) is 29.4 Å². The van der Waals surface area contributed by atoms with Crippen LogP contribution in [-0.4, -0.2) is 83.4 Å². The van der Waals surface area contributed by atoms with Crippen molar-refractivity contribution < 1.29 is 66.7 Å². The fraction of sp³-hybridized carbons (Fsp3) is 0.469. The third-order valence-corrected chi connectivity index (χ3v) is 14.9. The number of anilines is 1. The van der Waals surface area contributed by atoms with Crippen LogP contribution in [0.5, 0.6) is 34.5 Å². The highest BCUT2D eigenvalue weighted by Gasteiger charge is 2.34. The predicted octanol–water partition coefficient (Wildman–Crippen LogP) is 13.1. The van der Waals surface area contributed by atoms with E-state index < -0.39 is 41.6 Å². The molecule has 2 aliphatic rings. The van der Waals surface area contributed by atoms with Crippen molar-refractivity contribution in [3.8, 4) is 34.5 Å². The molecule has 1 N–H and O–H groups in total. The summed E-state index contributed by atoms with van der Waals surface area (Å²) in [4.78, 5) is 89.3. The first-order valence-corrected chi connectivity index (χ1v) is 30.2. The number of carbonyl (C=O) groups is 6. The van der Waals surface area contributed by atoms with Gasteiger partial charge in [0.2, 0.25) is 5.13 Å². The highest BCUT2D eigenvalue weighted by atomic mass is 32.1. The van der Waals surface area contributed by atoms with Crippen LogP contribution >= 0.6 is 11.3 Å². The van der Waals surface area contributed by atoms with E-state index in [1.54, 1.807) is 79.1 Å². The zero-order chi connectivity index (χ0) is 59.7. The lowest BCUT2D eigenvalue weighted by molar-refractivity contribution is -0.145. The van der Waals surface area contributed by atoms with E-state index in [1.807, 2.05) is 0 Å². The number of nitrogens with one attached hydrogen (secondary N) is 1. The number of benzene rings is 3. The van der Waals surface area contributed by atoms with Crippen molar-refractivity contribution in [1.29, 1.82) is 0 Å². The smallest absolute Gasteiger partial charge is 0.330 e. The summed E-state index contributed by atoms with van der Waals surface area (Å²) in [5.41, 5.74) is 3.68. The fourth-order valence-corrected chi connectivity index (χ4v) is 9.97. The second-order valence-electron chi connectivity index (χ2n) is 20.5. The van der Waals surface area contributed by atoms with Gasteiger partial charge < -0.3 is 37.9 Å². The van der Waals surface area contributed by atoms with Crippen molar-refractivity contribution in [1.82, 2.24) is 15.0 Å². The first-order chi connectivity index (χ1) is 40.9. The molecular weight excluding hydrogens is 1090 g/mol. The monoisotopic (exact) mass is 1170 g/mol. The summed E-state index contributed by atoms with van der Waals surface area (Å²) in [6.07, 6.45) is 22.8. The number of rotatable bonds is 32. The molecule has 0 atom stereocenters. The molecule has 5 aromatic rings. The van der Waals surface area contributed by atoms with E-state index in [0.717, 1.165) is 63.5 Å². The summed E-state index contributed by atoms with van der Waals surface area (Å²) in [6.45, 7) is 13.0. The third kappa shape index (κ3) is 23.0. The summed E-state index contributed by atoms with van der Waals surface area (Å²) in [6, 6.07) is 18.4. The Kier molecular flexibility index (Phi) is 28.4. The molecule has 0 saturated heterocycles. The number of hydrogen-bond acceptors (Lipinski definition) is 20. The Bertz CT molecular complexity index is 2880. The van der Waals surface area contributed by atoms with Crippen LogP contribution in [0.3, 0.4) is 0 Å². The number of thiazole rings is 1. The van der Waals surface area contributed by atoms with Gasteiger partial charge in [-0.1, -0.05) is 64.0 Å². The standard InChI is InChI=1S/C58H65N5O14S.C6H14/c1-3-50(64)72-35-11-7-5-9-33-70-44-21-25-46(26-22-44)74-54(66)39-13-15-41(16-14-39)56(68)76-48-29-30-49(43(37-48)38-61-63-58-62-52-53(78-58)60-32-31-59-52)77-57(69)42-19-17-40(18-20-42)55(67)75-47-27-23-45(24-28-47)71-34-10-6-8-12-36-73-51(65)4-2;1-3-5-6-4-2/h3-4,21-32,37-42H,1-2,5-20,33-36H2,(H,59,62,63);3-6H2,1-2H3/b61-38+;. The molecule has 2 aliphatic carbocycles. The van der Waals surface area contributed by atoms with E-state index >= 15 is 0 Å². The van der Waals surface area contributed by atoms with Crippen LogP contribution in [-0.2, 0) is 38.2 Å². The minimum atomic E-state index is -0.474. The molecule has 19 nitrogen and oxygen atoms in total. The first-order valence-electron chi connectivity index (χ1n) is 29.4. The Hall–Kier alpha value is -8.00. The van der Waals surface area contributed by atoms with E-state index in [2.05, 4.69) is 52.5 Å². The normalized spacial score (nSPS) is 16.5. The van der Waals surface area contributed by atoms with Crippen LogP contribution < -0.4 is 33.8 Å². The van der Waals surface area contributed by atoms with Crippen LogP contribution in [0.1, 0.15) is 148 Å². The molecule has 2 heterocycles. The molecule has 0 spiro atoms. The molecule has 0 amide bonds. The topological polar surface area (TPSA) is 239 Å². The average Bonchev–Trinajstić information content (AvgIpc) is 4.04. The molecular formula is C64H79N5O14S. The van der Waals surface area contributed by atoms with E-state index in [1.165, 1.54) is 43.2 Å². The van der Waals surface area contributed by atoms with E-state index in [4.69, 9.17) is 37.9 Å². The Labute approximate surface area is 495 Å². The van der Waals surface area contributed by atoms with Gasteiger partial charge in [0.25, 0.3) is 0 Å².